The molecule has 1 amide bonds. The molecule has 1 aromatic carbocycles. The molecule has 0 spiro atoms. The highest BCUT2D eigenvalue weighted by Gasteiger charge is 2.17. The quantitative estimate of drug-likeness (QED) is 0.702. The van der Waals surface area contributed by atoms with Crippen molar-refractivity contribution in [2.24, 2.45) is 0 Å². The fourth-order valence-electron chi connectivity index (χ4n) is 1.85. The summed E-state index contributed by atoms with van der Waals surface area (Å²) >= 11 is 0. The van der Waals surface area contributed by atoms with E-state index in [0.717, 1.165) is 11.6 Å². The molecule has 0 bridgehead atoms. The van der Waals surface area contributed by atoms with Crippen molar-refractivity contribution in [3.63, 3.8) is 0 Å². The second-order valence-corrected chi connectivity index (χ2v) is 4.06. The van der Waals surface area contributed by atoms with Crippen LogP contribution in [0.3, 0.4) is 0 Å². The lowest BCUT2D eigenvalue weighted by Gasteiger charge is -2.20. The lowest BCUT2D eigenvalue weighted by atomic mass is 10.0. The minimum atomic E-state index is -1.00. The molecule has 1 aliphatic heterocycles. The second kappa shape index (κ2) is 5.53. The minimum absolute atomic E-state index is 0.0146. The first-order valence-electron chi connectivity index (χ1n) is 5.75. The van der Waals surface area contributed by atoms with Gasteiger partial charge in [-0.1, -0.05) is 12.1 Å². The maximum absolute atomic E-state index is 11.2. The third kappa shape index (κ3) is 3.11. The molecule has 1 heterocycles. The monoisotopic (exact) mass is 262 g/mol. The number of carboxylic acid groups (broad SMARTS) is 1. The van der Waals surface area contributed by atoms with Crippen molar-refractivity contribution in [1.82, 2.24) is 5.32 Å². The largest absolute Gasteiger partial charge is 0.482 e. The van der Waals surface area contributed by atoms with E-state index in [1.807, 2.05) is 6.07 Å². The minimum Gasteiger partial charge on any atom is -0.482 e. The van der Waals surface area contributed by atoms with Crippen LogP contribution in [-0.4, -0.2) is 30.6 Å². The topological polar surface area (TPSA) is 87.7 Å². The third-order valence-electron chi connectivity index (χ3n) is 2.74. The van der Waals surface area contributed by atoms with Crippen LogP contribution < -0.4 is 15.4 Å². The number of nitrogens with one attached hydrogen (secondary N) is 2. The third-order valence-corrected chi connectivity index (χ3v) is 2.74. The highest BCUT2D eigenvalue weighted by Crippen LogP contribution is 2.30. The number of likely N-dealkylation sites (N-methyl/N-ethyl adjacent to an activating group) is 1. The van der Waals surface area contributed by atoms with Crippen molar-refractivity contribution in [2.45, 2.75) is 6.04 Å². The number of benzene rings is 1. The van der Waals surface area contributed by atoms with E-state index in [1.54, 1.807) is 19.2 Å². The summed E-state index contributed by atoms with van der Waals surface area (Å²) in [5.74, 6) is -0.595. The zero-order valence-corrected chi connectivity index (χ0v) is 10.3. The number of aliphatic carboxylic acids is 1. The average molecular weight is 262 g/mol. The molecule has 2 rings (SSSR count). The number of carbonyl (C=O) groups is 2. The zero-order chi connectivity index (χ0) is 13.8. The Morgan fingerprint density at radius 1 is 1.58 bits per heavy atom. The highest BCUT2D eigenvalue weighted by molar-refractivity contribution is 5.95. The standard InChI is InChI=1S/C13H14N2O4/c1-14-9(3-5-13(17)18)8-2-4-11-10(6-8)15-12(16)7-19-11/h2-6,9,14H,7H2,1H3,(H,15,16)(H,17,18)/b5-3+. The SMILES string of the molecule is CNC(/C=C/C(=O)O)c1ccc2c(c1)NC(=O)CO2. The van der Waals surface area contributed by atoms with E-state index in [9.17, 15) is 9.59 Å². The Kier molecular flexibility index (Phi) is 3.82. The van der Waals surface area contributed by atoms with Crippen LogP contribution >= 0.6 is 0 Å². The summed E-state index contributed by atoms with van der Waals surface area (Å²) in [6, 6.07) is 5.09. The van der Waals surface area contributed by atoms with Gasteiger partial charge in [0.15, 0.2) is 6.61 Å². The molecule has 1 unspecified atom stereocenters. The number of hydrogen-bond donors (Lipinski definition) is 3. The molecule has 0 aliphatic carbocycles. The maximum atomic E-state index is 11.2. The molecule has 0 aromatic heterocycles. The van der Waals surface area contributed by atoms with Gasteiger partial charge in [-0.05, 0) is 24.7 Å². The lowest BCUT2D eigenvalue weighted by Crippen LogP contribution is -2.25. The van der Waals surface area contributed by atoms with Crippen LogP contribution in [0.1, 0.15) is 11.6 Å². The van der Waals surface area contributed by atoms with Crippen LogP contribution in [0.5, 0.6) is 5.75 Å². The van der Waals surface area contributed by atoms with E-state index < -0.39 is 5.97 Å². The number of rotatable bonds is 4. The molecule has 19 heavy (non-hydrogen) atoms. The van der Waals surface area contributed by atoms with E-state index in [1.165, 1.54) is 6.08 Å². The van der Waals surface area contributed by atoms with Gasteiger partial charge in [0.1, 0.15) is 5.75 Å². The van der Waals surface area contributed by atoms with Crippen LogP contribution in [0.15, 0.2) is 30.4 Å². The normalized spacial score (nSPS) is 15.5. The predicted molar refractivity (Wildman–Crippen MR) is 69.1 cm³/mol. The van der Waals surface area contributed by atoms with Crippen LogP contribution in [0, 0.1) is 0 Å². The van der Waals surface area contributed by atoms with E-state index >= 15 is 0 Å². The van der Waals surface area contributed by atoms with E-state index in [-0.39, 0.29) is 18.6 Å². The second-order valence-electron chi connectivity index (χ2n) is 4.06. The van der Waals surface area contributed by atoms with Gasteiger partial charge in [0.25, 0.3) is 5.91 Å². The van der Waals surface area contributed by atoms with E-state index in [2.05, 4.69) is 10.6 Å². The van der Waals surface area contributed by atoms with Crippen molar-refractivity contribution in [1.29, 1.82) is 0 Å². The fraction of sp³-hybridized carbons (Fsp3) is 0.231. The van der Waals surface area contributed by atoms with Gasteiger partial charge in [-0.25, -0.2) is 4.79 Å². The van der Waals surface area contributed by atoms with E-state index in [0.29, 0.717) is 11.4 Å². The smallest absolute Gasteiger partial charge is 0.328 e. The van der Waals surface area contributed by atoms with Gasteiger partial charge < -0.3 is 20.5 Å². The fourth-order valence-corrected chi connectivity index (χ4v) is 1.85. The Morgan fingerprint density at radius 3 is 3.05 bits per heavy atom. The summed E-state index contributed by atoms with van der Waals surface area (Å²) in [7, 11) is 1.73. The van der Waals surface area contributed by atoms with Crippen molar-refractivity contribution in [3.05, 3.63) is 35.9 Å². The number of amides is 1. The number of carbonyl (C=O) groups excluding carboxylic acids is 1. The van der Waals surface area contributed by atoms with Gasteiger partial charge in [-0.3, -0.25) is 4.79 Å². The molecule has 1 atom stereocenters. The number of anilines is 1. The first kappa shape index (κ1) is 13.1. The summed E-state index contributed by atoms with van der Waals surface area (Å²) in [6.07, 6.45) is 2.62. The Bertz CT molecular complexity index is 539. The number of ether oxygens (including phenoxy) is 1. The van der Waals surface area contributed by atoms with Gasteiger partial charge >= 0.3 is 5.97 Å². The van der Waals surface area contributed by atoms with Crippen LogP contribution in [0.2, 0.25) is 0 Å². The molecule has 3 N–H and O–H groups in total. The molecule has 1 aromatic rings. The Morgan fingerprint density at radius 2 is 2.37 bits per heavy atom. The van der Waals surface area contributed by atoms with Crippen molar-refractivity contribution in [3.8, 4) is 5.75 Å². The Labute approximate surface area is 110 Å². The average Bonchev–Trinajstić information content (AvgIpc) is 2.38. The van der Waals surface area contributed by atoms with Crippen LogP contribution in [0.4, 0.5) is 5.69 Å². The summed E-state index contributed by atoms with van der Waals surface area (Å²) in [5.41, 5.74) is 1.43. The molecule has 1 aliphatic rings. The maximum Gasteiger partial charge on any atom is 0.328 e. The highest BCUT2D eigenvalue weighted by atomic mass is 16.5. The van der Waals surface area contributed by atoms with Crippen LogP contribution in [0.25, 0.3) is 0 Å². The Balaban J connectivity index is 2.27. The lowest BCUT2D eigenvalue weighted by molar-refractivity contribution is -0.131. The number of hydrogen-bond acceptors (Lipinski definition) is 4. The molecule has 6 heteroatoms. The van der Waals surface area contributed by atoms with Gasteiger partial charge in [-0.2, -0.15) is 0 Å². The summed E-state index contributed by atoms with van der Waals surface area (Å²) in [5, 5.41) is 14.3. The predicted octanol–water partition coefficient (Wildman–Crippen LogP) is 0.919. The van der Waals surface area contributed by atoms with Crippen molar-refractivity contribution >= 4 is 17.6 Å². The van der Waals surface area contributed by atoms with E-state index in [4.69, 9.17) is 9.84 Å². The van der Waals surface area contributed by atoms with Gasteiger partial charge in [0.2, 0.25) is 0 Å². The summed E-state index contributed by atoms with van der Waals surface area (Å²) < 4.78 is 5.26. The Hall–Kier alpha value is -2.34. The molecular formula is C13H14N2O4. The molecule has 0 saturated heterocycles. The number of carboxylic acids is 1. The molecule has 0 saturated carbocycles. The molecule has 6 nitrogen and oxygen atoms in total. The molecule has 0 fully saturated rings. The van der Waals surface area contributed by atoms with Crippen molar-refractivity contribution < 1.29 is 19.4 Å². The zero-order valence-electron chi connectivity index (χ0n) is 10.3. The van der Waals surface area contributed by atoms with Gasteiger partial charge in [0.05, 0.1) is 11.7 Å². The molecular weight excluding hydrogens is 248 g/mol. The molecule has 0 radical (unpaired) electrons. The first-order chi connectivity index (χ1) is 9.10. The van der Waals surface area contributed by atoms with Crippen molar-refractivity contribution in [2.75, 3.05) is 19.0 Å². The van der Waals surface area contributed by atoms with Gasteiger partial charge in [-0.15, -0.1) is 0 Å². The molecule has 100 valence electrons. The first-order valence-corrected chi connectivity index (χ1v) is 5.75. The number of fused-ring (bicyclic) bond motifs is 1. The summed E-state index contributed by atoms with van der Waals surface area (Å²) in [4.78, 5) is 21.8. The summed E-state index contributed by atoms with van der Waals surface area (Å²) in [6.45, 7) is 0.0146. The van der Waals surface area contributed by atoms with Crippen LogP contribution in [-0.2, 0) is 9.59 Å². The van der Waals surface area contributed by atoms with Gasteiger partial charge in [0, 0.05) is 6.08 Å².